The molecule has 0 N–H and O–H groups in total. The van der Waals surface area contributed by atoms with Crippen molar-refractivity contribution in [1.82, 2.24) is 9.38 Å². The monoisotopic (exact) mass is 294 g/mol. The SMILES string of the molecule is Cc1nc2sccn2c1C=C(CCl)C1CCCCC1. The fourth-order valence-electron chi connectivity index (χ4n) is 3.00. The van der Waals surface area contributed by atoms with Crippen LogP contribution >= 0.6 is 22.9 Å². The molecule has 0 spiro atoms. The summed E-state index contributed by atoms with van der Waals surface area (Å²) in [4.78, 5) is 5.67. The Morgan fingerprint density at radius 3 is 3.00 bits per heavy atom. The first kappa shape index (κ1) is 13.2. The van der Waals surface area contributed by atoms with E-state index in [9.17, 15) is 0 Å². The maximum Gasteiger partial charge on any atom is 0.194 e. The molecule has 102 valence electrons. The highest BCUT2D eigenvalue weighted by atomic mass is 35.5. The molecule has 0 aromatic carbocycles. The second-order valence-electron chi connectivity index (χ2n) is 5.33. The Hall–Kier alpha value is -0.800. The van der Waals surface area contributed by atoms with E-state index >= 15 is 0 Å². The molecule has 0 aliphatic heterocycles. The van der Waals surface area contributed by atoms with Crippen LogP contribution in [0.5, 0.6) is 0 Å². The highest BCUT2D eigenvalue weighted by molar-refractivity contribution is 7.15. The predicted molar refractivity (Wildman–Crippen MR) is 83.1 cm³/mol. The van der Waals surface area contributed by atoms with Crippen LogP contribution in [0.4, 0.5) is 0 Å². The number of aromatic nitrogens is 2. The maximum atomic E-state index is 6.20. The minimum absolute atomic E-state index is 0.640. The van der Waals surface area contributed by atoms with Crippen molar-refractivity contribution in [2.75, 3.05) is 5.88 Å². The first-order valence-corrected chi connectivity index (χ1v) is 8.39. The molecule has 0 radical (unpaired) electrons. The molecule has 2 heterocycles. The van der Waals surface area contributed by atoms with Crippen molar-refractivity contribution in [1.29, 1.82) is 0 Å². The van der Waals surface area contributed by atoms with Gasteiger partial charge in [-0.25, -0.2) is 4.98 Å². The second-order valence-corrected chi connectivity index (χ2v) is 6.47. The Balaban J connectivity index is 1.97. The molecule has 3 rings (SSSR count). The number of fused-ring (bicyclic) bond motifs is 1. The van der Waals surface area contributed by atoms with Gasteiger partial charge in [0.1, 0.15) is 0 Å². The third-order valence-electron chi connectivity index (χ3n) is 4.09. The Morgan fingerprint density at radius 2 is 2.26 bits per heavy atom. The van der Waals surface area contributed by atoms with Crippen LogP contribution in [0.2, 0.25) is 0 Å². The average Bonchev–Trinajstić information content (AvgIpc) is 2.99. The number of nitrogens with zero attached hydrogens (tertiary/aromatic N) is 2. The van der Waals surface area contributed by atoms with Crippen molar-refractivity contribution in [3.8, 4) is 0 Å². The lowest BCUT2D eigenvalue weighted by Crippen LogP contribution is -2.10. The Bertz CT molecular complexity index is 590. The number of alkyl halides is 1. The first-order valence-electron chi connectivity index (χ1n) is 6.98. The van der Waals surface area contributed by atoms with Crippen LogP contribution in [0.3, 0.4) is 0 Å². The largest absolute Gasteiger partial charge is 0.291 e. The van der Waals surface area contributed by atoms with Gasteiger partial charge in [0.05, 0.1) is 11.4 Å². The molecule has 1 aliphatic rings. The van der Waals surface area contributed by atoms with E-state index in [1.807, 2.05) is 0 Å². The molecule has 0 unspecified atom stereocenters. The van der Waals surface area contributed by atoms with Gasteiger partial charge in [-0.05, 0) is 31.8 Å². The van der Waals surface area contributed by atoms with Gasteiger partial charge in [0.15, 0.2) is 4.96 Å². The van der Waals surface area contributed by atoms with E-state index in [1.54, 1.807) is 11.3 Å². The molecule has 1 saturated carbocycles. The molecule has 2 aromatic rings. The normalized spacial score (nSPS) is 18.3. The van der Waals surface area contributed by atoms with Gasteiger partial charge < -0.3 is 0 Å². The number of imidazole rings is 1. The van der Waals surface area contributed by atoms with Crippen molar-refractivity contribution in [3.05, 3.63) is 28.5 Å². The summed E-state index contributed by atoms with van der Waals surface area (Å²) in [6.45, 7) is 2.08. The van der Waals surface area contributed by atoms with Gasteiger partial charge in [-0.3, -0.25) is 4.40 Å². The van der Waals surface area contributed by atoms with Crippen molar-refractivity contribution >= 4 is 34.0 Å². The van der Waals surface area contributed by atoms with Crippen LogP contribution in [0.1, 0.15) is 43.5 Å². The van der Waals surface area contributed by atoms with E-state index in [1.165, 1.54) is 43.4 Å². The highest BCUT2D eigenvalue weighted by Crippen LogP contribution is 2.32. The molecule has 4 heteroatoms. The standard InChI is InChI=1S/C15H19ClN2S/c1-11-14(18-7-8-19-15(18)17-11)9-13(10-16)12-5-3-2-4-6-12/h7-9,12H,2-6,10H2,1H3. The van der Waals surface area contributed by atoms with Crippen LogP contribution in [0.15, 0.2) is 17.2 Å². The van der Waals surface area contributed by atoms with Crippen molar-refractivity contribution < 1.29 is 0 Å². The average molecular weight is 295 g/mol. The molecule has 0 saturated heterocycles. The van der Waals surface area contributed by atoms with Crippen LogP contribution in [0.25, 0.3) is 11.0 Å². The second kappa shape index (κ2) is 5.68. The van der Waals surface area contributed by atoms with Gasteiger partial charge in [0.25, 0.3) is 0 Å². The Kier molecular flexibility index (Phi) is 3.94. The van der Waals surface area contributed by atoms with Gasteiger partial charge in [-0.15, -0.1) is 22.9 Å². The van der Waals surface area contributed by atoms with E-state index < -0.39 is 0 Å². The molecule has 1 fully saturated rings. The molecule has 1 aliphatic carbocycles. The molecular formula is C15H19ClN2S. The summed E-state index contributed by atoms with van der Waals surface area (Å²) in [6, 6.07) is 0. The number of hydrogen-bond acceptors (Lipinski definition) is 2. The lowest BCUT2D eigenvalue weighted by atomic mass is 9.84. The fraction of sp³-hybridized carbons (Fsp3) is 0.533. The Labute approximate surface area is 123 Å². The molecular weight excluding hydrogens is 276 g/mol. The smallest absolute Gasteiger partial charge is 0.194 e. The maximum absolute atomic E-state index is 6.20. The number of aryl methyl sites for hydroxylation is 1. The fourth-order valence-corrected chi connectivity index (χ4v) is 4.06. The van der Waals surface area contributed by atoms with Gasteiger partial charge in [0.2, 0.25) is 0 Å². The summed E-state index contributed by atoms with van der Waals surface area (Å²) < 4.78 is 2.18. The number of allylic oxidation sites excluding steroid dienone is 1. The topological polar surface area (TPSA) is 17.3 Å². The predicted octanol–water partition coefficient (Wildman–Crippen LogP) is 4.91. The molecule has 0 bridgehead atoms. The zero-order valence-electron chi connectivity index (χ0n) is 11.2. The van der Waals surface area contributed by atoms with Gasteiger partial charge >= 0.3 is 0 Å². The summed E-state index contributed by atoms with van der Waals surface area (Å²) in [5, 5.41) is 2.08. The van der Waals surface area contributed by atoms with Crippen molar-refractivity contribution in [2.24, 2.45) is 5.92 Å². The molecule has 0 amide bonds. The zero-order valence-corrected chi connectivity index (χ0v) is 12.8. The van der Waals surface area contributed by atoms with E-state index in [4.69, 9.17) is 11.6 Å². The highest BCUT2D eigenvalue weighted by Gasteiger charge is 2.18. The third-order valence-corrected chi connectivity index (χ3v) is 5.15. The summed E-state index contributed by atoms with van der Waals surface area (Å²) in [5.41, 5.74) is 3.69. The van der Waals surface area contributed by atoms with Crippen LogP contribution in [-0.4, -0.2) is 15.3 Å². The minimum Gasteiger partial charge on any atom is -0.291 e. The molecule has 2 nitrogen and oxygen atoms in total. The van der Waals surface area contributed by atoms with Gasteiger partial charge in [-0.2, -0.15) is 0 Å². The molecule has 2 aromatic heterocycles. The van der Waals surface area contributed by atoms with Crippen LogP contribution in [-0.2, 0) is 0 Å². The van der Waals surface area contributed by atoms with Crippen molar-refractivity contribution in [3.63, 3.8) is 0 Å². The third kappa shape index (κ3) is 2.59. The summed E-state index contributed by atoms with van der Waals surface area (Å²) in [6.07, 6.45) is 11.0. The summed E-state index contributed by atoms with van der Waals surface area (Å²) >= 11 is 7.88. The first-order chi connectivity index (χ1) is 9.29. The van der Waals surface area contributed by atoms with Crippen LogP contribution in [0, 0.1) is 12.8 Å². The lowest BCUT2D eigenvalue weighted by Gasteiger charge is -2.23. The van der Waals surface area contributed by atoms with Crippen LogP contribution < -0.4 is 0 Å². The number of hydrogen-bond donors (Lipinski definition) is 0. The summed E-state index contributed by atoms with van der Waals surface area (Å²) in [5.74, 6) is 1.32. The van der Waals surface area contributed by atoms with Gasteiger partial charge in [0, 0.05) is 17.5 Å². The lowest BCUT2D eigenvalue weighted by molar-refractivity contribution is 0.405. The van der Waals surface area contributed by atoms with E-state index in [2.05, 4.69) is 34.0 Å². The van der Waals surface area contributed by atoms with E-state index in [0.717, 1.165) is 10.7 Å². The Morgan fingerprint density at radius 1 is 1.47 bits per heavy atom. The molecule has 19 heavy (non-hydrogen) atoms. The van der Waals surface area contributed by atoms with E-state index in [-0.39, 0.29) is 0 Å². The number of thiazole rings is 1. The van der Waals surface area contributed by atoms with Gasteiger partial charge in [-0.1, -0.05) is 24.8 Å². The summed E-state index contributed by atoms with van der Waals surface area (Å²) in [7, 11) is 0. The quantitative estimate of drug-likeness (QED) is 0.736. The number of halogens is 1. The zero-order chi connectivity index (χ0) is 13.2. The molecule has 0 atom stereocenters. The van der Waals surface area contributed by atoms with Crippen molar-refractivity contribution in [2.45, 2.75) is 39.0 Å². The minimum atomic E-state index is 0.640. The number of rotatable bonds is 3. The van der Waals surface area contributed by atoms with E-state index in [0.29, 0.717) is 11.8 Å².